The van der Waals surface area contributed by atoms with E-state index in [9.17, 15) is 22.0 Å². The molecular weight excluding hydrogens is 227 g/mol. The lowest BCUT2D eigenvalue weighted by Gasteiger charge is -2.00. The van der Waals surface area contributed by atoms with Crippen LogP contribution in [-0.4, -0.2) is 23.1 Å². The van der Waals surface area contributed by atoms with Crippen molar-refractivity contribution in [1.29, 1.82) is 0 Å². The SMILES string of the molecule is Fc1c(F)c(F)c(Cl)c(F)c1F.[MgH2]. The number of benzene rings is 1. The molecule has 70 valence electrons. The maximum Gasteiger partial charge on any atom is 0.316 e. The van der Waals surface area contributed by atoms with Crippen molar-refractivity contribution in [2.75, 3.05) is 0 Å². The summed E-state index contributed by atoms with van der Waals surface area (Å²) in [4.78, 5) is 0. The molecular formula is C6H2ClF5Mg. The van der Waals surface area contributed by atoms with Crippen LogP contribution < -0.4 is 0 Å². The summed E-state index contributed by atoms with van der Waals surface area (Å²) >= 11 is 4.76. The monoisotopic (exact) mass is 228 g/mol. The maximum absolute atomic E-state index is 12.3. The third-order valence-corrected chi connectivity index (χ3v) is 1.49. The van der Waals surface area contributed by atoms with E-state index in [1.807, 2.05) is 0 Å². The largest absolute Gasteiger partial charge is 0.316 e. The molecule has 1 rings (SSSR count). The van der Waals surface area contributed by atoms with Crippen molar-refractivity contribution in [2.45, 2.75) is 0 Å². The van der Waals surface area contributed by atoms with E-state index >= 15 is 0 Å². The quantitative estimate of drug-likeness (QED) is 0.276. The van der Waals surface area contributed by atoms with Crippen molar-refractivity contribution in [3.05, 3.63) is 34.1 Å². The Bertz CT molecular complexity index is 235. The van der Waals surface area contributed by atoms with Crippen molar-refractivity contribution in [3.8, 4) is 0 Å². The Morgan fingerprint density at radius 2 is 0.846 bits per heavy atom. The van der Waals surface area contributed by atoms with Crippen LogP contribution in [0.15, 0.2) is 0 Å². The van der Waals surface area contributed by atoms with Gasteiger partial charge >= 0.3 is 23.1 Å². The highest BCUT2D eigenvalue weighted by molar-refractivity contribution is 6.30. The molecule has 0 spiro atoms. The molecule has 0 aliphatic carbocycles. The van der Waals surface area contributed by atoms with Gasteiger partial charge in [-0.2, -0.15) is 0 Å². The molecule has 1 aromatic rings. The van der Waals surface area contributed by atoms with Gasteiger partial charge in [0.25, 0.3) is 0 Å². The summed E-state index contributed by atoms with van der Waals surface area (Å²) in [6.45, 7) is 0. The zero-order valence-electron chi connectivity index (χ0n) is 5.27. The van der Waals surface area contributed by atoms with Crippen LogP contribution in [-0.2, 0) is 0 Å². The molecule has 0 bridgehead atoms. The number of halogens is 6. The molecule has 0 nitrogen and oxygen atoms in total. The van der Waals surface area contributed by atoms with Gasteiger partial charge in [0, 0.05) is 0 Å². The molecule has 0 saturated heterocycles. The summed E-state index contributed by atoms with van der Waals surface area (Å²) < 4.78 is 61.1. The molecule has 7 heteroatoms. The van der Waals surface area contributed by atoms with Gasteiger partial charge in [0.05, 0.1) is 0 Å². The van der Waals surface area contributed by atoms with Crippen LogP contribution in [0.1, 0.15) is 0 Å². The lowest BCUT2D eigenvalue weighted by molar-refractivity contribution is 0.379. The second-order valence-corrected chi connectivity index (χ2v) is 2.26. The van der Waals surface area contributed by atoms with Gasteiger partial charge in [-0.1, -0.05) is 11.6 Å². The lowest BCUT2D eigenvalue weighted by atomic mass is 10.3. The van der Waals surface area contributed by atoms with Crippen LogP contribution in [0.4, 0.5) is 22.0 Å². The van der Waals surface area contributed by atoms with Crippen LogP contribution in [0.3, 0.4) is 0 Å². The molecule has 0 N–H and O–H groups in total. The summed E-state index contributed by atoms with van der Waals surface area (Å²) in [5.41, 5.74) is 0. The molecule has 13 heavy (non-hydrogen) atoms. The topological polar surface area (TPSA) is 0 Å². The van der Waals surface area contributed by atoms with Crippen molar-refractivity contribution >= 4 is 34.7 Å². The predicted octanol–water partition coefficient (Wildman–Crippen LogP) is 2.12. The fourth-order valence-electron chi connectivity index (χ4n) is 0.578. The average molecular weight is 229 g/mol. The Labute approximate surface area is 90.8 Å². The molecule has 0 amide bonds. The van der Waals surface area contributed by atoms with Gasteiger partial charge in [-0.25, -0.2) is 22.0 Å². The Morgan fingerprint density at radius 3 is 1.15 bits per heavy atom. The van der Waals surface area contributed by atoms with E-state index in [-0.39, 0.29) is 23.1 Å². The Kier molecular flexibility index (Phi) is 4.41. The van der Waals surface area contributed by atoms with Crippen LogP contribution in [0.5, 0.6) is 0 Å². The normalized spacial score (nSPS) is 9.69. The number of rotatable bonds is 0. The van der Waals surface area contributed by atoms with E-state index in [4.69, 9.17) is 11.6 Å². The van der Waals surface area contributed by atoms with Gasteiger partial charge in [-0.15, -0.1) is 0 Å². The summed E-state index contributed by atoms with van der Waals surface area (Å²) in [6.07, 6.45) is 0. The minimum absolute atomic E-state index is 0. The molecule has 0 aliphatic rings. The van der Waals surface area contributed by atoms with E-state index in [1.54, 1.807) is 0 Å². The van der Waals surface area contributed by atoms with Crippen LogP contribution >= 0.6 is 11.6 Å². The highest BCUT2D eigenvalue weighted by Crippen LogP contribution is 2.26. The standard InChI is InChI=1S/C6ClF5.Mg.2H/c7-1-2(8)4(10)6(12)5(11)3(1)9;;;. The zero-order chi connectivity index (χ0) is 9.46. The smallest absolute Gasteiger partial charge is 0.202 e. The fourth-order valence-corrected chi connectivity index (χ4v) is 0.744. The molecule has 0 aromatic heterocycles. The summed E-state index contributed by atoms with van der Waals surface area (Å²) in [5, 5.41) is -1.40. The van der Waals surface area contributed by atoms with Gasteiger partial charge in [-0.05, 0) is 0 Å². The van der Waals surface area contributed by atoms with Crippen molar-refractivity contribution < 1.29 is 22.0 Å². The summed E-state index contributed by atoms with van der Waals surface area (Å²) in [6, 6.07) is 0. The second-order valence-electron chi connectivity index (χ2n) is 1.88. The number of hydrogen-bond donors (Lipinski definition) is 0. The first-order valence-electron chi connectivity index (χ1n) is 2.63. The van der Waals surface area contributed by atoms with Crippen LogP contribution in [0, 0.1) is 29.1 Å². The molecule has 0 unspecified atom stereocenters. The molecule has 0 saturated carbocycles. The minimum atomic E-state index is -2.21. The Hall–Kier alpha value is -0.0738. The first-order valence-corrected chi connectivity index (χ1v) is 3.01. The average Bonchev–Trinajstić information content (AvgIpc) is 2.08. The maximum atomic E-state index is 12.3. The summed E-state index contributed by atoms with van der Waals surface area (Å²) in [7, 11) is 0. The molecule has 0 radical (unpaired) electrons. The molecule has 0 aliphatic heterocycles. The van der Waals surface area contributed by atoms with E-state index in [0.29, 0.717) is 0 Å². The van der Waals surface area contributed by atoms with E-state index in [2.05, 4.69) is 0 Å². The molecule has 0 heterocycles. The van der Waals surface area contributed by atoms with Crippen molar-refractivity contribution in [1.82, 2.24) is 0 Å². The van der Waals surface area contributed by atoms with Gasteiger partial charge < -0.3 is 0 Å². The first kappa shape index (κ1) is 12.9. The second kappa shape index (κ2) is 4.43. The van der Waals surface area contributed by atoms with Gasteiger partial charge in [0.2, 0.25) is 5.82 Å². The minimum Gasteiger partial charge on any atom is -0.202 e. The van der Waals surface area contributed by atoms with Crippen molar-refractivity contribution in [3.63, 3.8) is 0 Å². The summed E-state index contributed by atoms with van der Waals surface area (Å²) in [5.74, 6) is -10.3. The Balaban J connectivity index is 0.00000144. The van der Waals surface area contributed by atoms with E-state index < -0.39 is 34.1 Å². The highest BCUT2D eigenvalue weighted by Gasteiger charge is 2.24. The van der Waals surface area contributed by atoms with Gasteiger partial charge in [-0.3, -0.25) is 0 Å². The highest BCUT2D eigenvalue weighted by atomic mass is 35.5. The number of hydrogen-bond acceptors (Lipinski definition) is 0. The third-order valence-electron chi connectivity index (χ3n) is 1.16. The zero-order valence-corrected chi connectivity index (χ0v) is 6.02. The fraction of sp³-hybridized carbons (Fsp3) is 0. The van der Waals surface area contributed by atoms with Crippen molar-refractivity contribution in [2.24, 2.45) is 0 Å². The van der Waals surface area contributed by atoms with Crippen LogP contribution in [0.2, 0.25) is 5.02 Å². The Morgan fingerprint density at radius 1 is 0.615 bits per heavy atom. The molecule has 0 fully saturated rings. The van der Waals surface area contributed by atoms with Crippen LogP contribution in [0.25, 0.3) is 0 Å². The van der Waals surface area contributed by atoms with E-state index in [0.717, 1.165) is 0 Å². The van der Waals surface area contributed by atoms with Gasteiger partial charge in [0.1, 0.15) is 5.02 Å². The predicted molar refractivity (Wildman–Crippen MR) is 39.8 cm³/mol. The molecule has 1 aromatic carbocycles. The van der Waals surface area contributed by atoms with E-state index in [1.165, 1.54) is 0 Å². The van der Waals surface area contributed by atoms with Gasteiger partial charge in [0.15, 0.2) is 23.3 Å². The molecule has 0 atom stereocenters. The third kappa shape index (κ3) is 2.05. The first-order chi connectivity index (χ1) is 5.46. The lowest BCUT2D eigenvalue weighted by Crippen LogP contribution is -2.00.